The minimum Gasteiger partial charge on any atom is -0.305 e. The highest BCUT2D eigenvalue weighted by Gasteiger charge is 1.92. The highest BCUT2D eigenvalue weighted by Crippen LogP contribution is 2.12. The van der Waals surface area contributed by atoms with Crippen LogP contribution in [0.15, 0.2) is 29.4 Å². The molecule has 1 rings (SSSR count). The van der Waals surface area contributed by atoms with Crippen LogP contribution >= 0.6 is 11.8 Å². The Morgan fingerprint density at radius 1 is 1.54 bits per heavy atom. The largest absolute Gasteiger partial charge is 0.305 e. The summed E-state index contributed by atoms with van der Waals surface area (Å²) in [6.45, 7) is 1.56. The zero-order valence-corrected chi connectivity index (χ0v) is 8.18. The maximum absolute atomic E-state index is 5.09. The summed E-state index contributed by atoms with van der Waals surface area (Å²) in [5.74, 6) is 3.53. The van der Waals surface area contributed by atoms with E-state index < -0.39 is 0 Å². The molecule has 0 unspecified atom stereocenters. The van der Waals surface area contributed by atoms with Gasteiger partial charge in [0.2, 0.25) is 0 Å². The highest BCUT2D eigenvalue weighted by atomic mass is 32.2. The van der Waals surface area contributed by atoms with Crippen LogP contribution in [0.25, 0.3) is 0 Å². The Bertz CT molecular complexity index is 266. The minimum absolute atomic E-state index is 0.642. The van der Waals surface area contributed by atoms with Crippen molar-refractivity contribution in [3.05, 3.63) is 24.4 Å². The molecule has 1 aromatic heterocycles. The molecule has 0 saturated heterocycles. The second kappa shape index (κ2) is 6.53. The molecule has 0 aliphatic heterocycles. The van der Waals surface area contributed by atoms with Crippen LogP contribution < -0.4 is 5.32 Å². The Morgan fingerprint density at radius 3 is 3.15 bits per heavy atom. The van der Waals surface area contributed by atoms with E-state index in [0.29, 0.717) is 6.54 Å². The molecule has 13 heavy (non-hydrogen) atoms. The fraction of sp³-hybridized carbons (Fsp3) is 0.300. The smallest absolute Gasteiger partial charge is 0.0960 e. The number of rotatable bonds is 5. The van der Waals surface area contributed by atoms with Crippen molar-refractivity contribution in [3.8, 4) is 12.3 Å². The van der Waals surface area contributed by atoms with E-state index in [1.54, 1.807) is 18.0 Å². The van der Waals surface area contributed by atoms with Gasteiger partial charge in [-0.3, -0.25) is 0 Å². The van der Waals surface area contributed by atoms with Gasteiger partial charge in [-0.15, -0.1) is 18.2 Å². The zero-order valence-electron chi connectivity index (χ0n) is 7.36. The number of nitrogens with zero attached hydrogens (tertiary/aromatic N) is 1. The van der Waals surface area contributed by atoms with Crippen molar-refractivity contribution < 1.29 is 0 Å². The summed E-state index contributed by atoms with van der Waals surface area (Å²) in [5.41, 5.74) is 0. The number of aromatic nitrogens is 1. The van der Waals surface area contributed by atoms with Crippen molar-refractivity contribution in [1.82, 2.24) is 10.3 Å². The van der Waals surface area contributed by atoms with Crippen molar-refractivity contribution in [2.45, 2.75) is 5.03 Å². The van der Waals surface area contributed by atoms with Gasteiger partial charge < -0.3 is 5.32 Å². The number of hydrogen-bond donors (Lipinski definition) is 1. The van der Waals surface area contributed by atoms with Crippen molar-refractivity contribution in [2.75, 3.05) is 18.8 Å². The molecule has 0 amide bonds. The number of terminal acetylenes is 1. The van der Waals surface area contributed by atoms with Crippen molar-refractivity contribution in [2.24, 2.45) is 0 Å². The predicted molar refractivity (Wildman–Crippen MR) is 56.7 cm³/mol. The summed E-state index contributed by atoms with van der Waals surface area (Å²) in [4.78, 5) is 4.19. The molecule has 1 heterocycles. The molecule has 0 atom stereocenters. The van der Waals surface area contributed by atoms with Gasteiger partial charge in [0.1, 0.15) is 0 Å². The first-order valence-electron chi connectivity index (χ1n) is 4.11. The molecule has 1 N–H and O–H groups in total. The third-order valence-electron chi connectivity index (χ3n) is 1.39. The van der Waals surface area contributed by atoms with Gasteiger partial charge in [0.15, 0.2) is 0 Å². The fourth-order valence-corrected chi connectivity index (χ4v) is 1.59. The van der Waals surface area contributed by atoms with Crippen LogP contribution in [0.1, 0.15) is 0 Å². The molecule has 3 heteroatoms. The van der Waals surface area contributed by atoms with Crippen LogP contribution in [0.2, 0.25) is 0 Å². The summed E-state index contributed by atoms with van der Waals surface area (Å²) < 4.78 is 0. The Morgan fingerprint density at radius 2 is 2.46 bits per heavy atom. The standard InChI is InChI=1S/C10H12N2S/c1-2-6-11-8-9-13-10-5-3-4-7-12-10/h1,3-5,7,11H,6,8-9H2. The van der Waals surface area contributed by atoms with E-state index in [0.717, 1.165) is 17.3 Å². The molecule has 0 aliphatic rings. The first-order valence-corrected chi connectivity index (χ1v) is 5.10. The number of pyridine rings is 1. The van der Waals surface area contributed by atoms with Gasteiger partial charge in [0.25, 0.3) is 0 Å². The average molecular weight is 192 g/mol. The Balaban J connectivity index is 2.11. The van der Waals surface area contributed by atoms with Crippen LogP contribution in [0, 0.1) is 12.3 Å². The first kappa shape index (κ1) is 10.1. The third kappa shape index (κ3) is 4.56. The Hall–Kier alpha value is -0.980. The summed E-state index contributed by atoms with van der Waals surface area (Å²) in [5, 5.41) is 4.18. The minimum atomic E-state index is 0.642. The lowest BCUT2D eigenvalue weighted by atomic mass is 10.5. The second-order valence-electron chi connectivity index (χ2n) is 2.40. The van der Waals surface area contributed by atoms with E-state index in [9.17, 15) is 0 Å². The van der Waals surface area contributed by atoms with Crippen LogP contribution in [-0.4, -0.2) is 23.8 Å². The van der Waals surface area contributed by atoms with Crippen molar-refractivity contribution >= 4 is 11.8 Å². The first-order chi connectivity index (χ1) is 6.43. The van der Waals surface area contributed by atoms with Crippen LogP contribution in [0.3, 0.4) is 0 Å². The molecular weight excluding hydrogens is 180 g/mol. The van der Waals surface area contributed by atoms with Gasteiger partial charge in [-0.25, -0.2) is 4.98 Å². The van der Waals surface area contributed by atoms with E-state index in [2.05, 4.69) is 16.2 Å². The summed E-state index contributed by atoms with van der Waals surface area (Å²) in [6, 6.07) is 5.91. The fourth-order valence-electron chi connectivity index (χ4n) is 0.821. The number of thioether (sulfide) groups is 1. The number of nitrogens with one attached hydrogen (secondary N) is 1. The third-order valence-corrected chi connectivity index (χ3v) is 2.34. The van der Waals surface area contributed by atoms with Crippen LogP contribution in [-0.2, 0) is 0 Å². The van der Waals surface area contributed by atoms with E-state index in [-0.39, 0.29) is 0 Å². The molecule has 2 nitrogen and oxygen atoms in total. The maximum atomic E-state index is 5.09. The lowest BCUT2D eigenvalue weighted by Crippen LogP contribution is -2.16. The van der Waals surface area contributed by atoms with E-state index in [1.165, 1.54) is 0 Å². The van der Waals surface area contributed by atoms with Gasteiger partial charge in [-0.05, 0) is 12.1 Å². The molecule has 0 aliphatic carbocycles. The Labute approximate surface area is 83.1 Å². The van der Waals surface area contributed by atoms with E-state index in [1.807, 2.05) is 18.2 Å². The Kier molecular flexibility index (Phi) is 5.07. The predicted octanol–water partition coefficient (Wildman–Crippen LogP) is 1.40. The normalized spacial score (nSPS) is 9.46. The monoisotopic (exact) mass is 192 g/mol. The lowest BCUT2D eigenvalue weighted by Gasteiger charge is -2.00. The van der Waals surface area contributed by atoms with Gasteiger partial charge in [0.05, 0.1) is 11.6 Å². The van der Waals surface area contributed by atoms with E-state index >= 15 is 0 Å². The maximum Gasteiger partial charge on any atom is 0.0960 e. The molecule has 0 aromatic carbocycles. The molecule has 68 valence electrons. The SMILES string of the molecule is C#CCNCCSc1ccccn1. The highest BCUT2D eigenvalue weighted by molar-refractivity contribution is 7.99. The molecule has 0 spiro atoms. The van der Waals surface area contributed by atoms with E-state index in [4.69, 9.17) is 6.42 Å². The quantitative estimate of drug-likeness (QED) is 0.433. The summed E-state index contributed by atoms with van der Waals surface area (Å²) in [7, 11) is 0. The van der Waals surface area contributed by atoms with Gasteiger partial charge >= 0.3 is 0 Å². The summed E-state index contributed by atoms with van der Waals surface area (Å²) >= 11 is 1.73. The summed E-state index contributed by atoms with van der Waals surface area (Å²) in [6.07, 6.45) is 6.89. The zero-order chi connectivity index (χ0) is 9.36. The molecule has 0 bridgehead atoms. The van der Waals surface area contributed by atoms with Crippen LogP contribution in [0.5, 0.6) is 0 Å². The lowest BCUT2D eigenvalue weighted by molar-refractivity contribution is 0.817. The average Bonchev–Trinajstić information content (AvgIpc) is 2.19. The molecule has 0 radical (unpaired) electrons. The molecule has 0 fully saturated rings. The van der Waals surface area contributed by atoms with Crippen LogP contribution in [0.4, 0.5) is 0 Å². The van der Waals surface area contributed by atoms with Crippen molar-refractivity contribution in [3.63, 3.8) is 0 Å². The second-order valence-corrected chi connectivity index (χ2v) is 3.51. The van der Waals surface area contributed by atoms with Gasteiger partial charge in [-0.1, -0.05) is 12.0 Å². The molecule has 0 saturated carbocycles. The topological polar surface area (TPSA) is 24.9 Å². The van der Waals surface area contributed by atoms with Crippen molar-refractivity contribution in [1.29, 1.82) is 0 Å². The van der Waals surface area contributed by atoms with Gasteiger partial charge in [0, 0.05) is 18.5 Å². The molecule has 1 aromatic rings. The number of hydrogen-bond acceptors (Lipinski definition) is 3. The molecular formula is C10H12N2S. The van der Waals surface area contributed by atoms with Gasteiger partial charge in [-0.2, -0.15) is 0 Å².